The van der Waals surface area contributed by atoms with Crippen molar-refractivity contribution < 1.29 is 4.79 Å². The van der Waals surface area contributed by atoms with E-state index >= 15 is 0 Å². The van der Waals surface area contributed by atoms with Crippen LogP contribution in [-0.4, -0.2) is 57.3 Å². The average Bonchev–Trinajstić information content (AvgIpc) is 3.63. The van der Waals surface area contributed by atoms with E-state index in [9.17, 15) is 4.79 Å². The van der Waals surface area contributed by atoms with E-state index in [4.69, 9.17) is 4.98 Å². The molecule has 0 saturated heterocycles. The summed E-state index contributed by atoms with van der Waals surface area (Å²) in [6.45, 7) is 6.13. The van der Waals surface area contributed by atoms with Crippen molar-refractivity contribution in [1.29, 1.82) is 0 Å². The van der Waals surface area contributed by atoms with Crippen LogP contribution in [0.3, 0.4) is 0 Å². The second-order valence-electron chi connectivity index (χ2n) is 10.7. The zero-order valence-electron chi connectivity index (χ0n) is 23.4. The fourth-order valence-corrected chi connectivity index (χ4v) is 6.51. The normalized spacial score (nSPS) is 14.6. The number of imidazole rings is 1. The number of anilines is 1. The number of carbonyl (C=O) groups excluding carboxylic acids is 1. The minimum Gasteiger partial charge on any atom is -0.362 e. The number of hydrogen-bond acceptors (Lipinski definition) is 6. The molecule has 1 aliphatic heterocycles. The van der Waals surface area contributed by atoms with Gasteiger partial charge in [-0.25, -0.2) is 4.98 Å². The summed E-state index contributed by atoms with van der Waals surface area (Å²) in [6.07, 6.45) is 6.77. The maximum Gasteiger partial charge on any atom is 0.236 e. The van der Waals surface area contributed by atoms with Crippen molar-refractivity contribution in [3.63, 3.8) is 0 Å². The zero-order chi connectivity index (χ0) is 27.8. The summed E-state index contributed by atoms with van der Waals surface area (Å²) >= 11 is 1.82. The van der Waals surface area contributed by atoms with Crippen LogP contribution in [0.25, 0.3) is 32.7 Å². The maximum atomic E-state index is 11.8. The van der Waals surface area contributed by atoms with Crippen LogP contribution in [0.5, 0.6) is 0 Å². The van der Waals surface area contributed by atoms with Crippen LogP contribution in [-0.2, 0) is 11.3 Å². The molecule has 2 aromatic carbocycles. The first-order chi connectivity index (χ1) is 19.4. The third kappa shape index (κ3) is 5.12. The zero-order valence-corrected chi connectivity index (χ0v) is 24.2. The van der Waals surface area contributed by atoms with Crippen molar-refractivity contribution in [2.24, 2.45) is 0 Å². The Hall–Kier alpha value is -4.01. The van der Waals surface area contributed by atoms with Gasteiger partial charge in [0.15, 0.2) is 0 Å². The molecule has 1 amide bonds. The Morgan fingerprint density at radius 1 is 1.15 bits per heavy atom. The van der Waals surface area contributed by atoms with Crippen molar-refractivity contribution in [3.8, 4) is 10.4 Å². The molecule has 5 aromatic rings. The number of hydrogen-bond donors (Lipinski definition) is 1. The summed E-state index contributed by atoms with van der Waals surface area (Å²) in [7, 11) is 4.21. The molecular formula is C32H34N6OS. The van der Waals surface area contributed by atoms with Crippen LogP contribution in [0.1, 0.15) is 42.3 Å². The summed E-state index contributed by atoms with van der Waals surface area (Å²) in [5.41, 5.74) is 6.12. The van der Waals surface area contributed by atoms with Crippen LogP contribution in [0, 0.1) is 0 Å². The Morgan fingerprint density at radius 2 is 2.00 bits per heavy atom. The smallest absolute Gasteiger partial charge is 0.236 e. The molecule has 0 saturated carbocycles. The van der Waals surface area contributed by atoms with Gasteiger partial charge in [-0.15, -0.1) is 11.3 Å². The first-order valence-electron chi connectivity index (χ1n) is 13.7. The fraction of sp³-hybridized carbons (Fsp3) is 0.281. The molecule has 0 radical (unpaired) electrons. The number of rotatable bonds is 7. The second-order valence-corrected chi connectivity index (χ2v) is 11.8. The Morgan fingerprint density at radius 3 is 2.77 bits per heavy atom. The summed E-state index contributed by atoms with van der Waals surface area (Å²) in [6, 6.07) is 19.7. The van der Waals surface area contributed by atoms with Crippen LogP contribution < -0.4 is 5.32 Å². The number of aromatic nitrogens is 3. The van der Waals surface area contributed by atoms with Crippen molar-refractivity contribution in [3.05, 3.63) is 89.1 Å². The van der Waals surface area contributed by atoms with Gasteiger partial charge >= 0.3 is 0 Å². The standard InChI is InChI=1S/C32H34N6OS/c1-21(29-11-12-30(40-29)26-8-6-5-7-25(26)20-36(3)4)34-31-27-19-24(23-13-16-37(17-14-23)22(2)39)9-10-28(27)38-18-15-33-32(38)35-31/h5-13,15,18-19,21H,14,16-17,20H2,1-4H3,(H,33,34,35)/t21-/m1/s1. The number of thiophene rings is 1. The van der Waals surface area contributed by atoms with E-state index in [1.165, 1.54) is 32.0 Å². The molecule has 0 spiro atoms. The molecule has 3 aromatic heterocycles. The first-order valence-corrected chi connectivity index (χ1v) is 14.5. The Kier molecular flexibility index (Phi) is 7.12. The van der Waals surface area contributed by atoms with Gasteiger partial charge in [0, 0.05) is 54.1 Å². The number of nitrogens with one attached hydrogen (secondary N) is 1. The number of nitrogens with zero attached hydrogens (tertiary/aromatic N) is 5. The van der Waals surface area contributed by atoms with E-state index < -0.39 is 0 Å². The highest BCUT2D eigenvalue weighted by Crippen LogP contribution is 2.36. The van der Waals surface area contributed by atoms with Crippen LogP contribution in [0.2, 0.25) is 0 Å². The highest BCUT2D eigenvalue weighted by molar-refractivity contribution is 7.15. The van der Waals surface area contributed by atoms with Crippen molar-refractivity contribution in [2.45, 2.75) is 32.9 Å². The number of carbonyl (C=O) groups is 1. The van der Waals surface area contributed by atoms with E-state index in [2.05, 4.69) is 96.9 Å². The van der Waals surface area contributed by atoms with E-state index in [1.54, 1.807) is 13.1 Å². The monoisotopic (exact) mass is 550 g/mol. The van der Waals surface area contributed by atoms with Gasteiger partial charge in [-0.05, 0) is 74.0 Å². The van der Waals surface area contributed by atoms with Gasteiger partial charge in [0.1, 0.15) is 5.82 Å². The van der Waals surface area contributed by atoms with Gasteiger partial charge in [-0.1, -0.05) is 36.4 Å². The van der Waals surface area contributed by atoms with Gasteiger partial charge in [0.05, 0.1) is 11.6 Å². The lowest BCUT2D eigenvalue weighted by Gasteiger charge is -2.25. The van der Waals surface area contributed by atoms with Crippen molar-refractivity contribution in [2.75, 3.05) is 32.5 Å². The van der Waals surface area contributed by atoms with E-state index in [-0.39, 0.29) is 11.9 Å². The summed E-state index contributed by atoms with van der Waals surface area (Å²) in [5.74, 6) is 1.63. The molecule has 0 bridgehead atoms. The van der Waals surface area contributed by atoms with Crippen molar-refractivity contribution in [1.82, 2.24) is 24.2 Å². The SMILES string of the molecule is CC(=O)N1CC=C(c2ccc3c(c2)c(N[C@H](C)c2ccc(-c4ccccc4CN(C)C)s2)nc2nccn23)CC1. The minimum atomic E-state index is 0.0644. The topological polar surface area (TPSA) is 65.8 Å². The molecule has 1 N–H and O–H groups in total. The predicted octanol–water partition coefficient (Wildman–Crippen LogP) is 6.48. The largest absolute Gasteiger partial charge is 0.362 e. The first kappa shape index (κ1) is 26.2. The second kappa shape index (κ2) is 10.9. The third-order valence-corrected chi connectivity index (χ3v) is 8.85. The highest BCUT2D eigenvalue weighted by Gasteiger charge is 2.19. The lowest BCUT2D eigenvalue weighted by Crippen LogP contribution is -2.32. The van der Waals surface area contributed by atoms with Gasteiger partial charge in [0.2, 0.25) is 11.7 Å². The fourth-order valence-electron chi connectivity index (χ4n) is 5.44. The molecule has 1 aliphatic rings. The molecule has 0 unspecified atom stereocenters. The molecule has 40 heavy (non-hydrogen) atoms. The van der Waals surface area contributed by atoms with Crippen LogP contribution >= 0.6 is 11.3 Å². The van der Waals surface area contributed by atoms with Crippen molar-refractivity contribution >= 4 is 45.3 Å². The molecule has 0 aliphatic carbocycles. The van der Waals surface area contributed by atoms with Crippen LogP contribution in [0.4, 0.5) is 5.82 Å². The molecule has 0 fully saturated rings. The number of amides is 1. The average molecular weight is 551 g/mol. The molecule has 4 heterocycles. The number of fused-ring (bicyclic) bond motifs is 3. The Bertz CT molecular complexity index is 1730. The Labute approximate surface area is 238 Å². The molecular weight excluding hydrogens is 516 g/mol. The lowest BCUT2D eigenvalue weighted by molar-refractivity contribution is -0.128. The summed E-state index contributed by atoms with van der Waals surface area (Å²) in [4.78, 5) is 27.8. The minimum absolute atomic E-state index is 0.0644. The summed E-state index contributed by atoms with van der Waals surface area (Å²) < 4.78 is 2.03. The van der Waals surface area contributed by atoms with E-state index in [1.807, 2.05) is 26.8 Å². The molecule has 8 heteroatoms. The predicted molar refractivity (Wildman–Crippen MR) is 165 cm³/mol. The summed E-state index contributed by atoms with van der Waals surface area (Å²) in [5, 5.41) is 4.77. The number of benzene rings is 2. The highest BCUT2D eigenvalue weighted by atomic mass is 32.1. The third-order valence-electron chi connectivity index (χ3n) is 7.55. The molecule has 1 atom stereocenters. The van der Waals surface area contributed by atoms with E-state index in [0.717, 1.165) is 36.2 Å². The van der Waals surface area contributed by atoms with Crippen LogP contribution in [0.15, 0.2) is 73.1 Å². The van der Waals surface area contributed by atoms with Gasteiger partial charge in [0.25, 0.3) is 0 Å². The van der Waals surface area contributed by atoms with Gasteiger partial charge in [-0.2, -0.15) is 4.98 Å². The van der Waals surface area contributed by atoms with E-state index in [0.29, 0.717) is 12.3 Å². The molecule has 204 valence electrons. The Balaban J connectivity index is 1.33. The quantitative estimate of drug-likeness (QED) is 0.251. The maximum absolute atomic E-state index is 11.8. The van der Waals surface area contributed by atoms with Gasteiger partial charge in [-0.3, -0.25) is 9.20 Å². The molecule has 7 nitrogen and oxygen atoms in total. The lowest BCUT2D eigenvalue weighted by atomic mass is 9.98. The van der Waals surface area contributed by atoms with Gasteiger partial charge < -0.3 is 15.1 Å². The molecule has 6 rings (SSSR count).